The fourth-order valence-electron chi connectivity index (χ4n) is 6.35. The average Bonchev–Trinajstić information content (AvgIpc) is 3.33. The SMILES string of the molecule is C[C@H]1CN([C@@H](C)CO)C(=O)c2cc(NC(=O)Cc3cn(C)c4ccccc34)ccc2O[C@H]1CN(C)C(=O)NC1CCCCC1. The van der Waals surface area contributed by atoms with E-state index < -0.39 is 12.1 Å². The molecule has 0 bridgehead atoms. The lowest BCUT2D eigenvalue weighted by molar-refractivity contribution is -0.115. The number of hydrogen-bond donors (Lipinski definition) is 3. The van der Waals surface area contributed by atoms with E-state index in [9.17, 15) is 19.5 Å². The van der Waals surface area contributed by atoms with Crippen LogP contribution in [0.3, 0.4) is 0 Å². The zero-order valence-corrected chi connectivity index (χ0v) is 26.2. The predicted octanol–water partition coefficient (Wildman–Crippen LogP) is 4.55. The Balaban J connectivity index is 1.34. The number of hydrogen-bond acceptors (Lipinski definition) is 5. The summed E-state index contributed by atoms with van der Waals surface area (Å²) in [6.07, 6.45) is 7.23. The Morgan fingerprint density at radius 2 is 1.89 bits per heavy atom. The third-order valence-corrected chi connectivity index (χ3v) is 9.01. The van der Waals surface area contributed by atoms with E-state index in [-0.39, 0.29) is 42.8 Å². The van der Waals surface area contributed by atoms with E-state index >= 15 is 0 Å². The summed E-state index contributed by atoms with van der Waals surface area (Å²) in [4.78, 5) is 43.3. The molecule has 2 aromatic carbocycles. The first-order chi connectivity index (χ1) is 21.1. The first-order valence-corrected chi connectivity index (χ1v) is 15.7. The molecule has 10 heteroatoms. The molecule has 0 spiro atoms. The molecule has 0 radical (unpaired) electrons. The van der Waals surface area contributed by atoms with E-state index in [1.165, 1.54) is 6.42 Å². The molecule has 236 valence electrons. The number of fused-ring (bicyclic) bond motifs is 2. The summed E-state index contributed by atoms with van der Waals surface area (Å²) in [5, 5.41) is 17.1. The van der Waals surface area contributed by atoms with Gasteiger partial charge in [-0.3, -0.25) is 9.59 Å². The summed E-state index contributed by atoms with van der Waals surface area (Å²) in [6, 6.07) is 12.7. The molecule has 2 aliphatic rings. The fourth-order valence-corrected chi connectivity index (χ4v) is 6.35. The summed E-state index contributed by atoms with van der Waals surface area (Å²) in [5.41, 5.74) is 2.76. The number of nitrogens with one attached hydrogen (secondary N) is 2. The van der Waals surface area contributed by atoms with E-state index in [1.54, 1.807) is 42.0 Å². The van der Waals surface area contributed by atoms with Gasteiger partial charge in [0.05, 0.1) is 31.2 Å². The molecule has 3 aromatic rings. The van der Waals surface area contributed by atoms with Gasteiger partial charge in [0.15, 0.2) is 0 Å². The molecular weight excluding hydrogens is 558 g/mol. The van der Waals surface area contributed by atoms with Gasteiger partial charge < -0.3 is 34.8 Å². The van der Waals surface area contributed by atoms with Gasteiger partial charge in [-0.2, -0.15) is 0 Å². The highest BCUT2D eigenvalue weighted by molar-refractivity contribution is 6.00. The van der Waals surface area contributed by atoms with Crippen molar-refractivity contribution in [2.45, 2.75) is 70.6 Å². The van der Waals surface area contributed by atoms with Crippen LogP contribution in [0.15, 0.2) is 48.7 Å². The van der Waals surface area contributed by atoms with Gasteiger partial charge in [0, 0.05) is 55.4 Å². The number of para-hydroxylation sites is 1. The Kier molecular flexibility index (Phi) is 9.78. The number of carbonyl (C=O) groups is 3. The third kappa shape index (κ3) is 7.01. The molecule has 1 aliphatic heterocycles. The summed E-state index contributed by atoms with van der Waals surface area (Å²) in [5.74, 6) is -0.209. The zero-order chi connectivity index (χ0) is 31.4. The van der Waals surface area contributed by atoms with Crippen molar-refractivity contribution < 1.29 is 24.2 Å². The number of aryl methyl sites for hydroxylation is 1. The number of likely N-dealkylation sites (N-methyl/N-ethyl adjacent to an activating group) is 1. The van der Waals surface area contributed by atoms with Gasteiger partial charge in [0.1, 0.15) is 11.9 Å². The maximum atomic E-state index is 13.8. The molecule has 5 rings (SSSR count). The molecule has 1 saturated carbocycles. The van der Waals surface area contributed by atoms with Gasteiger partial charge in [0.2, 0.25) is 5.91 Å². The van der Waals surface area contributed by atoms with Crippen LogP contribution >= 0.6 is 0 Å². The number of amides is 4. The lowest BCUT2D eigenvalue weighted by Crippen LogP contribution is -2.52. The number of anilines is 1. The third-order valence-electron chi connectivity index (χ3n) is 9.01. The number of nitrogens with zero attached hydrogens (tertiary/aromatic N) is 3. The molecule has 1 fully saturated rings. The Bertz CT molecular complexity index is 1500. The van der Waals surface area contributed by atoms with Crippen molar-refractivity contribution in [1.82, 2.24) is 19.7 Å². The number of urea groups is 1. The second-order valence-electron chi connectivity index (χ2n) is 12.5. The molecule has 4 amide bonds. The van der Waals surface area contributed by atoms with Crippen molar-refractivity contribution in [1.29, 1.82) is 0 Å². The highest BCUT2D eigenvalue weighted by Gasteiger charge is 2.34. The highest BCUT2D eigenvalue weighted by Crippen LogP contribution is 2.31. The molecule has 3 atom stereocenters. The standard InChI is InChI=1S/C34H45N5O5/c1-22-18-39(23(2)21-40)33(42)28-17-26(35-32(41)16-24-19-37(3)29-13-9-8-12-27(24)29)14-15-30(28)44-31(22)20-38(4)34(43)36-25-10-6-5-7-11-25/h8-9,12-15,17,19,22-23,25,31,40H,5-7,10-11,16,18,20-21H2,1-4H3,(H,35,41)(H,36,43)/t22-,23-,31-/m0/s1. The highest BCUT2D eigenvalue weighted by atomic mass is 16.5. The minimum atomic E-state index is -0.423. The van der Waals surface area contributed by atoms with Crippen LogP contribution in [0.4, 0.5) is 10.5 Å². The first-order valence-electron chi connectivity index (χ1n) is 15.7. The summed E-state index contributed by atoms with van der Waals surface area (Å²) < 4.78 is 8.46. The van der Waals surface area contributed by atoms with Crippen molar-refractivity contribution in [2.75, 3.05) is 32.1 Å². The molecule has 2 heterocycles. The van der Waals surface area contributed by atoms with E-state index in [0.717, 1.165) is 42.1 Å². The normalized spacial score (nSPS) is 19.8. The van der Waals surface area contributed by atoms with E-state index in [1.807, 2.05) is 49.0 Å². The van der Waals surface area contributed by atoms with Gasteiger partial charge in [-0.05, 0) is 49.6 Å². The number of rotatable bonds is 8. The molecule has 0 saturated heterocycles. The minimum Gasteiger partial charge on any atom is -0.487 e. The molecule has 0 unspecified atom stereocenters. The smallest absolute Gasteiger partial charge is 0.317 e. The van der Waals surface area contributed by atoms with Gasteiger partial charge in [-0.15, -0.1) is 0 Å². The van der Waals surface area contributed by atoms with Crippen LogP contribution in [0.5, 0.6) is 5.75 Å². The first kappa shape index (κ1) is 31.4. The van der Waals surface area contributed by atoms with Crippen molar-refractivity contribution in [3.8, 4) is 5.75 Å². The number of aromatic nitrogens is 1. The van der Waals surface area contributed by atoms with Crippen LogP contribution in [0, 0.1) is 5.92 Å². The van der Waals surface area contributed by atoms with Crippen LogP contribution < -0.4 is 15.4 Å². The second-order valence-corrected chi connectivity index (χ2v) is 12.5. The van der Waals surface area contributed by atoms with E-state index in [4.69, 9.17) is 4.74 Å². The van der Waals surface area contributed by atoms with Crippen LogP contribution in [-0.4, -0.2) is 82.3 Å². The molecule has 10 nitrogen and oxygen atoms in total. The quantitative estimate of drug-likeness (QED) is 0.349. The lowest BCUT2D eigenvalue weighted by atomic mass is 9.96. The molecule has 44 heavy (non-hydrogen) atoms. The van der Waals surface area contributed by atoms with Crippen LogP contribution in [0.25, 0.3) is 10.9 Å². The Labute approximate surface area is 259 Å². The Morgan fingerprint density at radius 3 is 2.64 bits per heavy atom. The number of aliphatic hydroxyl groups is 1. The van der Waals surface area contributed by atoms with Gasteiger partial charge >= 0.3 is 6.03 Å². The summed E-state index contributed by atoms with van der Waals surface area (Å²) >= 11 is 0. The van der Waals surface area contributed by atoms with E-state index in [2.05, 4.69) is 10.6 Å². The molecule has 1 aromatic heterocycles. The van der Waals surface area contributed by atoms with Gasteiger partial charge in [-0.25, -0.2) is 4.79 Å². The number of aliphatic hydroxyl groups excluding tert-OH is 1. The number of ether oxygens (including phenoxy) is 1. The maximum Gasteiger partial charge on any atom is 0.317 e. The fraction of sp³-hybridized carbons (Fsp3) is 0.500. The van der Waals surface area contributed by atoms with Gasteiger partial charge in [0.25, 0.3) is 5.91 Å². The lowest BCUT2D eigenvalue weighted by Gasteiger charge is -2.38. The monoisotopic (exact) mass is 603 g/mol. The van der Waals surface area contributed by atoms with E-state index in [0.29, 0.717) is 30.1 Å². The minimum absolute atomic E-state index is 0.119. The largest absolute Gasteiger partial charge is 0.487 e. The van der Waals surface area contributed by atoms with Crippen molar-refractivity contribution >= 4 is 34.4 Å². The van der Waals surface area contributed by atoms with Gasteiger partial charge in [-0.1, -0.05) is 44.4 Å². The zero-order valence-electron chi connectivity index (χ0n) is 26.2. The van der Waals surface area contributed by atoms with Crippen molar-refractivity contribution in [3.63, 3.8) is 0 Å². The maximum absolute atomic E-state index is 13.8. The van der Waals surface area contributed by atoms with Crippen LogP contribution in [0.2, 0.25) is 0 Å². The molecular formula is C34H45N5O5. The summed E-state index contributed by atoms with van der Waals surface area (Å²) in [6.45, 7) is 4.29. The summed E-state index contributed by atoms with van der Waals surface area (Å²) in [7, 11) is 3.72. The average molecular weight is 604 g/mol. The molecule has 1 aliphatic carbocycles. The second kappa shape index (κ2) is 13.7. The number of carbonyl (C=O) groups excluding carboxylic acids is 3. The van der Waals surface area contributed by atoms with Crippen molar-refractivity contribution in [2.24, 2.45) is 13.0 Å². The number of benzene rings is 2. The Morgan fingerprint density at radius 1 is 1.14 bits per heavy atom. The molecule has 3 N–H and O–H groups in total. The predicted molar refractivity (Wildman–Crippen MR) is 171 cm³/mol. The van der Waals surface area contributed by atoms with Crippen molar-refractivity contribution in [3.05, 3.63) is 59.8 Å². The Hall–Kier alpha value is -4.05. The van der Waals surface area contributed by atoms with Crippen LogP contribution in [0.1, 0.15) is 61.9 Å². The topological polar surface area (TPSA) is 116 Å². The van der Waals surface area contributed by atoms with Crippen LogP contribution in [-0.2, 0) is 18.3 Å².